The molecular formula is C17H21F2NO3. The van der Waals surface area contributed by atoms with Gasteiger partial charge in [-0.05, 0) is 44.2 Å². The Balaban J connectivity index is 1.66. The van der Waals surface area contributed by atoms with Crippen molar-refractivity contribution in [1.82, 2.24) is 5.32 Å². The van der Waals surface area contributed by atoms with Gasteiger partial charge in [0.1, 0.15) is 17.7 Å². The highest BCUT2D eigenvalue weighted by Gasteiger charge is 2.17. The van der Waals surface area contributed by atoms with Gasteiger partial charge in [0.05, 0.1) is 5.56 Å². The van der Waals surface area contributed by atoms with Crippen LogP contribution in [0.5, 0.6) is 0 Å². The summed E-state index contributed by atoms with van der Waals surface area (Å²) in [6, 6.07) is 2.79. The third-order valence-corrected chi connectivity index (χ3v) is 3.87. The molecule has 0 bridgehead atoms. The molecule has 1 aromatic carbocycles. The Bertz CT molecular complexity index is 557. The lowest BCUT2D eigenvalue weighted by Gasteiger charge is -2.21. The van der Waals surface area contributed by atoms with Crippen LogP contribution in [0, 0.1) is 11.6 Å². The predicted molar refractivity (Wildman–Crippen MR) is 80.9 cm³/mol. The Morgan fingerprint density at radius 1 is 1.17 bits per heavy atom. The lowest BCUT2D eigenvalue weighted by Crippen LogP contribution is -2.26. The number of carbonyl (C=O) groups excluding carboxylic acids is 2. The highest BCUT2D eigenvalue weighted by atomic mass is 19.1. The average molecular weight is 325 g/mol. The van der Waals surface area contributed by atoms with Gasteiger partial charge in [0, 0.05) is 19.0 Å². The Morgan fingerprint density at radius 2 is 1.91 bits per heavy atom. The van der Waals surface area contributed by atoms with E-state index in [9.17, 15) is 18.4 Å². The second-order valence-corrected chi connectivity index (χ2v) is 5.73. The summed E-state index contributed by atoms with van der Waals surface area (Å²) in [5.74, 6) is -2.52. The average Bonchev–Trinajstić information content (AvgIpc) is 2.52. The first-order valence-corrected chi connectivity index (χ1v) is 7.99. The predicted octanol–water partition coefficient (Wildman–Crippen LogP) is 3.35. The number of ether oxygens (including phenoxy) is 1. The fraction of sp³-hybridized carbons (Fsp3) is 0.529. The zero-order valence-electron chi connectivity index (χ0n) is 12.9. The van der Waals surface area contributed by atoms with Crippen LogP contribution < -0.4 is 5.32 Å². The third-order valence-electron chi connectivity index (χ3n) is 3.87. The van der Waals surface area contributed by atoms with Crippen LogP contribution in [0.2, 0.25) is 0 Å². The molecular weight excluding hydrogens is 304 g/mol. The summed E-state index contributed by atoms with van der Waals surface area (Å²) in [6.07, 6.45) is 5.88. The summed E-state index contributed by atoms with van der Waals surface area (Å²) >= 11 is 0. The SMILES string of the molecule is O=C(CCCNC(=O)c1ccc(F)cc1F)OC1CCCCC1. The number of hydrogen-bond acceptors (Lipinski definition) is 3. The molecule has 0 atom stereocenters. The largest absolute Gasteiger partial charge is 0.462 e. The number of rotatable bonds is 6. The summed E-state index contributed by atoms with van der Waals surface area (Å²) in [4.78, 5) is 23.4. The monoisotopic (exact) mass is 325 g/mol. The summed E-state index contributed by atoms with van der Waals surface area (Å²) in [5, 5.41) is 2.51. The maximum absolute atomic E-state index is 13.4. The van der Waals surface area contributed by atoms with E-state index in [4.69, 9.17) is 4.74 Å². The van der Waals surface area contributed by atoms with Crippen molar-refractivity contribution in [2.75, 3.05) is 6.54 Å². The van der Waals surface area contributed by atoms with Gasteiger partial charge in [0.15, 0.2) is 0 Å². The minimum absolute atomic E-state index is 0.0270. The van der Waals surface area contributed by atoms with Crippen LogP contribution in [0.1, 0.15) is 55.3 Å². The Labute approximate surface area is 134 Å². The first kappa shape index (κ1) is 17.4. The van der Waals surface area contributed by atoms with Crippen molar-refractivity contribution in [1.29, 1.82) is 0 Å². The summed E-state index contributed by atoms with van der Waals surface area (Å²) in [5.41, 5.74) is -0.212. The smallest absolute Gasteiger partial charge is 0.306 e. The molecule has 23 heavy (non-hydrogen) atoms. The molecule has 0 heterocycles. The van der Waals surface area contributed by atoms with E-state index in [1.807, 2.05) is 0 Å². The van der Waals surface area contributed by atoms with Crippen LogP contribution >= 0.6 is 0 Å². The van der Waals surface area contributed by atoms with Gasteiger partial charge in [-0.25, -0.2) is 8.78 Å². The van der Waals surface area contributed by atoms with Crippen molar-refractivity contribution < 1.29 is 23.1 Å². The third kappa shape index (κ3) is 5.62. The molecule has 1 amide bonds. The van der Waals surface area contributed by atoms with E-state index in [0.717, 1.165) is 37.8 Å². The van der Waals surface area contributed by atoms with Crippen molar-refractivity contribution >= 4 is 11.9 Å². The van der Waals surface area contributed by atoms with E-state index in [1.165, 1.54) is 6.42 Å². The quantitative estimate of drug-likeness (QED) is 0.644. The van der Waals surface area contributed by atoms with Gasteiger partial charge in [-0.15, -0.1) is 0 Å². The zero-order chi connectivity index (χ0) is 16.7. The minimum Gasteiger partial charge on any atom is -0.462 e. The molecule has 1 aliphatic carbocycles. The van der Waals surface area contributed by atoms with E-state index in [-0.39, 0.29) is 30.6 Å². The molecule has 126 valence electrons. The number of esters is 1. The molecule has 1 N–H and O–H groups in total. The maximum Gasteiger partial charge on any atom is 0.306 e. The summed E-state index contributed by atoms with van der Waals surface area (Å²) in [7, 11) is 0. The molecule has 0 radical (unpaired) electrons. The van der Waals surface area contributed by atoms with Gasteiger partial charge in [-0.2, -0.15) is 0 Å². The first-order chi connectivity index (χ1) is 11.1. The van der Waals surface area contributed by atoms with Gasteiger partial charge in [-0.3, -0.25) is 9.59 Å². The molecule has 1 aromatic rings. The van der Waals surface area contributed by atoms with Crippen molar-refractivity contribution in [3.63, 3.8) is 0 Å². The van der Waals surface area contributed by atoms with E-state index >= 15 is 0 Å². The van der Waals surface area contributed by atoms with Crippen LogP contribution in [0.3, 0.4) is 0 Å². The second-order valence-electron chi connectivity index (χ2n) is 5.73. The fourth-order valence-electron chi connectivity index (χ4n) is 2.63. The minimum atomic E-state index is -0.904. The molecule has 2 rings (SSSR count). The summed E-state index contributed by atoms with van der Waals surface area (Å²) in [6.45, 7) is 0.232. The fourth-order valence-corrected chi connectivity index (χ4v) is 2.63. The number of carbonyl (C=O) groups is 2. The molecule has 0 aliphatic heterocycles. The highest BCUT2D eigenvalue weighted by molar-refractivity contribution is 5.94. The van der Waals surface area contributed by atoms with Crippen LogP contribution in [-0.2, 0) is 9.53 Å². The molecule has 1 aliphatic rings. The zero-order valence-corrected chi connectivity index (χ0v) is 12.9. The van der Waals surface area contributed by atoms with Crippen LogP contribution in [0.15, 0.2) is 18.2 Å². The van der Waals surface area contributed by atoms with Crippen molar-refractivity contribution in [2.24, 2.45) is 0 Å². The topological polar surface area (TPSA) is 55.4 Å². The summed E-state index contributed by atoms with van der Waals surface area (Å²) < 4.78 is 31.6. The van der Waals surface area contributed by atoms with Crippen molar-refractivity contribution in [3.05, 3.63) is 35.4 Å². The number of hydrogen-bond donors (Lipinski definition) is 1. The standard InChI is InChI=1S/C17H21F2NO3/c18-12-8-9-14(15(19)11-12)17(22)20-10-4-7-16(21)23-13-5-2-1-3-6-13/h8-9,11,13H,1-7,10H2,(H,20,22). The number of halogens is 2. The molecule has 1 fully saturated rings. The van der Waals surface area contributed by atoms with Gasteiger partial charge < -0.3 is 10.1 Å². The number of nitrogens with one attached hydrogen (secondary N) is 1. The van der Waals surface area contributed by atoms with Crippen LogP contribution in [0.25, 0.3) is 0 Å². The van der Waals surface area contributed by atoms with E-state index in [1.54, 1.807) is 0 Å². The molecule has 0 saturated heterocycles. The van der Waals surface area contributed by atoms with Crippen molar-refractivity contribution in [3.8, 4) is 0 Å². The molecule has 0 spiro atoms. The second kappa shape index (κ2) is 8.60. The van der Waals surface area contributed by atoms with Gasteiger partial charge in [0.2, 0.25) is 0 Å². The molecule has 6 heteroatoms. The lowest BCUT2D eigenvalue weighted by atomic mass is 9.98. The van der Waals surface area contributed by atoms with Crippen LogP contribution in [0.4, 0.5) is 8.78 Å². The van der Waals surface area contributed by atoms with Crippen molar-refractivity contribution in [2.45, 2.75) is 51.0 Å². The van der Waals surface area contributed by atoms with Gasteiger partial charge in [0.25, 0.3) is 5.91 Å². The molecule has 4 nitrogen and oxygen atoms in total. The lowest BCUT2D eigenvalue weighted by molar-refractivity contribution is -0.150. The molecule has 0 aromatic heterocycles. The molecule has 0 unspecified atom stereocenters. The van der Waals surface area contributed by atoms with Gasteiger partial charge >= 0.3 is 5.97 Å². The van der Waals surface area contributed by atoms with E-state index in [2.05, 4.69) is 5.32 Å². The normalized spacial score (nSPS) is 15.2. The highest BCUT2D eigenvalue weighted by Crippen LogP contribution is 2.20. The maximum atomic E-state index is 13.4. The Hall–Kier alpha value is -1.98. The first-order valence-electron chi connectivity index (χ1n) is 7.99. The van der Waals surface area contributed by atoms with E-state index < -0.39 is 17.5 Å². The van der Waals surface area contributed by atoms with Crippen LogP contribution in [-0.4, -0.2) is 24.5 Å². The number of benzene rings is 1. The Morgan fingerprint density at radius 3 is 2.61 bits per heavy atom. The van der Waals surface area contributed by atoms with E-state index in [0.29, 0.717) is 12.5 Å². The van der Waals surface area contributed by atoms with Gasteiger partial charge in [-0.1, -0.05) is 6.42 Å². The number of amides is 1. The molecule has 1 saturated carbocycles. The Kier molecular flexibility index (Phi) is 6.50.